The summed E-state index contributed by atoms with van der Waals surface area (Å²) in [5.74, 6) is 0. The molecule has 0 saturated heterocycles. The number of benzene rings is 10. The van der Waals surface area contributed by atoms with Gasteiger partial charge in [-0.15, -0.1) is 0 Å². The van der Waals surface area contributed by atoms with E-state index >= 15 is 0 Å². The van der Waals surface area contributed by atoms with Gasteiger partial charge < -0.3 is 0 Å². The highest BCUT2D eigenvalue weighted by Gasteiger charge is 2.36. The van der Waals surface area contributed by atoms with Crippen molar-refractivity contribution < 1.29 is 0 Å². The third kappa shape index (κ3) is 4.08. The number of hydrogen-bond donors (Lipinski definition) is 0. The summed E-state index contributed by atoms with van der Waals surface area (Å²) in [6.07, 6.45) is 0. The Morgan fingerprint density at radius 1 is 0.275 bits per heavy atom. The average molecular weight is 647 g/mol. The molecule has 10 aromatic rings. The average Bonchev–Trinajstić information content (AvgIpc) is 3.42. The summed E-state index contributed by atoms with van der Waals surface area (Å²) in [5, 5.41) is 15.7. The van der Waals surface area contributed by atoms with Crippen molar-refractivity contribution in [3.63, 3.8) is 0 Å². The van der Waals surface area contributed by atoms with E-state index in [1.165, 1.54) is 109 Å². The fourth-order valence-electron chi connectivity index (χ4n) is 9.18. The van der Waals surface area contributed by atoms with Gasteiger partial charge in [-0.25, -0.2) is 0 Å². The van der Waals surface area contributed by atoms with Crippen LogP contribution in [0.25, 0.3) is 98.0 Å². The van der Waals surface area contributed by atoms with Crippen LogP contribution in [0.3, 0.4) is 0 Å². The lowest BCUT2D eigenvalue weighted by Gasteiger charge is -2.23. The van der Waals surface area contributed by atoms with Gasteiger partial charge in [0.1, 0.15) is 0 Å². The first-order valence-electron chi connectivity index (χ1n) is 18.0. The zero-order chi connectivity index (χ0) is 33.8. The van der Waals surface area contributed by atoms with E-state index in [2.05, 4.69) is 184 Å². The van der Waals surface area contributed by atoms with Crippen molar-refractivity contribution in [1.29, 1.82) is 0 Å². The van der Waals surface area contributed by atoms with E-state index in [4.69, 9.17) is 0 Å². The molecule has 0 nitrogen and oxygen atoms in total. The smallest absolute Gasteiger partial charge is 0.0159 e. The Balaban J connectivity index is 1.02. The van der Waals surface area contributed by atoms with Gasteiger partial charge in [0.15, 0.2) is 0 Å². The minimum absolute atomic E-state index is 0.126. The zero-order valence-corrected chi connectivity index (χ0v) is 28.7. The first-order valence-corrected chi connectivity index (χ1v) is 18.0. The predicted molar refractivity (Wildman–Crippen MR) is 220 cm³/mol. The standard InChI is InChI=1S/C51H34/c1-51(2)49-29-35(33-16-15-32-18-22-42-37-10-4-3-9-31(37)17-23-43(42)47(32)27-33)20-25-45(49)46-26-21-36(30-50(46)51)34-19-24-44-40-13-6-5-11-38(40)39-12-7-8-14-41(39)48(44)28-34/h3-30H,1-2H3. The molecular formula is C51H34. The lowest BCUT2D eigenvalue weighted by atomic mass is 9.80. The summed E-state index contributed by atoms with van der Waals surface area (Å²) in [4.78, 5) is 0. The van der Waals surface area contributed by atoms with Crippen LogP contribution in [0.4, 0.5) is 0 Å². The minimum atomic E-state index is -0.126. The van der Waals surface area contributed by atoms with Crippen LogP contribution in [0.1, 0.15) is 25.0 Å². The van der Waals surface area contributed by atoms with Gasteiger partial charge in [0, 0.05) is 5.41 Å². The fourth-order valence-corrected chi connectivity index (χ4v) is 9.18. The number of hydrogen-bond acceptors (Lipinski definition) is 0. The van der Waals surface area contributed by atoms with Crippen molar-refractivity contribution in [1.82, 2.24) is 0 Å². The molecule has 0 unspecified atom stereocenters. The topological polar surface area (TPSA) is 0 Å². The van der Waals surface area contributed by atoms with Crippen LogP contribution in [0.5, 0.6) is 0 Å². The van der Waals surface area contributed by atoms with Crippen LogP contribution < -0.4 is 0 Å². The molecule has 1 aliphatic carbocycles. The number of rotatable bonds is 2. The second-order valence-corrected chi connectivity index (χ2v) is 14.9. The summed E-state index contributed by atoms with van der Waals surface area (Å²) >= 11 is 0. The monoisotopic (exact) mass is 646 g/mol. The lowest BCUT2D eigenvalue weighted by Crippen LogP contribution is -2.15. The molecule has 0 fully saturated rings. The van der Waals surface area contributed by atoms with Crippen molar-refractivity contribution in [2.45, 2.75) is 19.3 Å². The van der Waals surface area contributed by atoms with E-state index in [1.807, 2.05) is 0 Å². The van der Waals surface area contributed by atoms with E-state index < -0.39 is 0 Å². The van der Waals surface area contributed by atoms with Crippen molar-refractivity contribution in [2.24, 2.45) is 0 Å². The van der Waals surface area contributed by atoms with Crippen LogP contribution >= 0.6 is 0 Å². The van der Waals surface area contributed by atoms with Crippen LogP contribution in [0.2, 0.25) is 0 Å². The lowest BCUT2D eigenvalue weighted by molar-refractivity contribution is 0.661. The quantitative estimate of drug-likeness (QED) is 0.164. The molecule has 0 heteroatoms. The van der Waals surface area contributed by atoms with E-state index in [1.54, 1.807) is 0 Å². The van der Waals surface area contributed by atoms with Crippen LogP contribution in [-0.2, 0) is 5.41 Å². The van der Waals surface area contributed by atoms with E-state index in [0.717, 1.165) is 0 Å². The molecule has 0 spiro atoms. The Hall–Kier alpha value is -6.24. The minimum Gasteiger partial charge on any atom is -0.0616 e. The van der Waals surface area contributed by atoms with Gasteiger partial charge >= 0.3 is 0 Å². The fraction of sp³-hybridized carbons (Fsp3) is 0.0588. The van der Waals surface area contributed by atoms with Gasteiger partial charge in [0.05, 0.1) is 0 Å². The maximum atomic E-state index is 2.45. The molecule has 0 N–H and O–H groups in total. The summed E-state index contributed by atoms with van der Waals surface area (Å²) in [6.45, 7) is 4.79. The third-order valence-corrected chi connectivity index (χ3v) is 11.8. The van der Waals surface area contributed by atoms with Crippen LogP contribution in [0.15, 0.2) is 170 Å². The highest BCUT2D eigenvalue weighted by molar-refractivity contribution is 6.25. The maximum absolute atomic E-state index is 2.45. The van der Waals surface area contributed by atoms with E-state index in [-0.39, 0.29) is 5.41 Å². The molecular weight excluding hydrogens is 613 g/mol. The van der Waals surface area contributed by atoms with Crippen molar-refractivity contribution in [3.8, 4) is 33.4 Å². The Bertz CT molecular complexity index is 3070. The molecule has 0 aliphatic heterocycles. The molecule has 51 heavy (non-hydrogen) atoms. The van der Waals surface area contributed by atoms with Crippen LogP contribution in [-0.4, -0.2) is 0 Å². The second kappa shape index (κ2) is 10.4. The van der Waals surface area contributed by atoms with Gasteiger partial charge in [-0.05, 0) is 133 Å². The normalized spacial score (nSPS) is 13.5. The maximum Gasteiger partial charge on any atom is 0.0159 e. The first-order chi connectivity index (χ1) is 25.0. The summed E-state index contributed by atoms with van der Waals surface area (Å²) in [6, 6.07) is 63.7. The predicted octanol–water partition coefficient (Wildman–Crippen LogP) is 14.2. The molecule has 11 rings (SSSR count). The molecule has 0 radical (unpaired) electrons. The Labute approximate surface area is 297 Å². The molecule has 0 atom stereocenters. The van der Waals surface area contributed by atoms with E-state index in [9.17, 15) is 0 Å². The van der Waals surface area contributed by atoms with Gasteiger partial charge in [-0.3, -0.25) is 0 Å². The SMILES string of the molecule is CC1(C)c2cc(-c3ccc4ccc5c6ccccc6ccc5c4c3)ccc2-c2ccc(-c3ccc4c5ccccc5c5ccccc5c4c3)cc21. The molecule has 10 aromatic carbocycles. The van der Waals surface area contributed by atoms with Gasteiger partial charge in [-0.1, -0.05) is 159 Å². The highest BCUT2D eigenvalue weighted by Crippen LogP contribution is 2.51. The van der Waals surface area contributed by atoms with Crippen molar-refractivity contribution >= 4 is 64.6 Å². The van der Waals surface area contributed by atoms with Gasteiger partial charge in [0.25, 0.3) is 0 Å². The second-order valence-electron chi connectivity index (χ2n) is 14.9. The third-order valence-electron chi connectivity index (χ3n) is 11.8. The Kier molecular flexibility index (Phi) is 5.82. The van der Waals surface area contributed by atoms with Gasteiger partial charge in [0.2, 0.25) is 0 Å². The first kappa shape index (κ1) is 28.6. The number of fused-ring (bicyclic) bond motifs is 14. The molecule has 0 amide bonds. The highest BCUT2D eigenvalue weighted by atomic mass is 14.4. The molecule has 0 heterocycles. The van der Waals surface area contributed by atoms with E-state index in [0.29, 0.717) is 0 Å². The van der Waals surface area contributed by atoms with Crippen molar-refractivity contribution in [2.75, 3.05) is 0 Å². The largest absolute Gasteiger partial charge is 0.0616 e. The molecule has 0 saturated carbocycles. The molecule has 238 valence electrons. The van der Waals surface area contributed by atoms with Gasteiger partial charge in [-0.2, -0.15) is 0 Å². The Morgan fingerprint density at radius 3 is 1.24 bits per heavy atom. The molecule has 1 aliphatic rings. The van der Waals surface area contributed by atoms with Crippen molar-refractivity contribution in [3.05, 3.63) is 181 Å². The van der Waals surface area contributed by atoms with Crippen LogP contribution in [0, 0.1) is 0 Å². The summed E-state index contributed by atoms with van der Waals surface area (Å²) in [5.41, 5.74) is 10.4. The zero-order valence-electron chi connectivity index (χ0n) is 28.7. The molecule has 0 aromatic heterocycles. The summed E-state index contributed by atoms with van der Waals surface area (Å²) < 4.78 is 0. The molecule has 0 bridgehead atoms. The summed E-state index contributed by atoms with van der Waals surface area (Å²) in [7, 11) is 0. The Morgan fingerprint density at radius 2 is 0.627 bits per heavy atom.